The first kappa shape index (κ1) is 17.7. The van der Waals surface area contributed by atoms with E-state index in [0.29, 0.717) is 35.0 Å². The molecule has 7 rings (SSSR count). The van der Waals surface area contributed by atoms with Crippen LogP contribution in [0.15, 0.2) is 12.5 Å². The van der Waals surface area contributed by atoms with Crippen molar-refractivity contribution in [2.75, 3.05) is 18.4 Å². The molecular weight excluding hydrogens is 366 g/mol. The minimum Gasteiger partial charge on any atom is -0.390 e. The lowest BCUT2D eigenvalue weighted by Crippen LogP contribution is -2.59. The summed E-state index contributed by atoms with van der Waals surface area (Å²) in [6, 6.07) is 0.294. The van der Waals surface area contributed by atoms with Gasteiger partial charge in [0.2, 0.25) is 0 Å². The highest BCUT2D eigenvalue weighted by molar-refractivity contribution is 6.05. The van der Waals surface area contributed by atoms with Crippen molar-refractivity contribution in [1.82, 2.24) is 19.9 Å². The molecule has 5 fully saturated rings. The Morgan fingerprint density at radius 1 is 1.14 bits per heavy atom. The quantitative estimate of drug-likeness (QED) is 0.743. The summed E-state index contributed by atoms with van der Waals surface area (Å²) < 4.78 is 0. The highest BCUT2D eigenvalue weighted by Crippen LogP contribution is 2.56. The minimum absolute atomic E-state index is 0.0621. The van der Waals surface area contributed by atoms with Gasteiger partial charge in [-0.25, -0.2) is 9.97 Å². The summed E-state index contributed by atoms with van der Waals surface area (Å²) in [5, 5.41) is 14.7. The zero-order valence-corrected chi connectivity index (χ0v) is 16.7. The first-order chi connectivity index (χ1) is 14.1. The van der Waals surface area contributed by atoms with Gasteiger partial charge in [-0.3, -0.25) is 4.79 Å². The van der Waals surface area contributed by atoms with Gasteiger partial charge in [-0.2, -0.15) is 0 Å². The minimum atomic E-state index is -0.457. The molecule has 7 heteroatoms. The van der Waals surface area contributed by atoms with Crippen LogP contribution in [0, 0.1) is 17.8 Å². The zero-order chi connectivity index (χ0) is 19.6. The number of carbonyl (C=O) groups excluding carboxylic acids is 1. The van der Waals surface area contributed by atoms with E-state index in [1.165, 1.54) is 19.3 Å². The van der Waals surface area contributed by atoms with E-state index in [-0.39, 0.29) is 5.91 Å². The number of piperidine rings is 1. The molecule has 0 radical (unpaired) electrons. The number of aromatic nitrogens is 3. The average molecular weight is 396 g/mol. The van der Waals surface area contributed by atoms with Crippen molar-refractivity contribution in [2.24, 2.45) is 17.8 Å². The maximum Gasteiger partial charge on any atom is 0.257 e. The lowest BCUT2D eigenvalue weighted by atomic mass is 9.52. The third-order valence-electron chi connectivity index (χ3n) is 7.87. The Hall–Kier alpha value is -2.15. The normalized spacial score (nSPS) is 36.0. The lowest BCUT2D eigenvalue weighted by Gasteiger charge is -2.58. The number of imidazole rings is 1. The molecule has 4 aliphatic carbocycles. The molecule has 3 heterocycles. The van der Waals surface area contributed by atoms with Gasteiger partial charge in [-0.15, -0.1) is 0 Å². The van der Waals surface area contributed by atoms with Crippen molar-refractivity contribution in [1.29, 1.82) is 0 Å². The van der Waals surface area contributed by atoms with Gasteiger partial charge in [0, 0.05) is 25.3 Å². The third kappa shape index (κ3) is 2.85. The molecule has 3 N–H and O–H groups in total. The Bertz CT molecular complexity index is 934. The molecule has 4 bridgehead atoms. The molecule has 1 unspecified atom stereocenters. The van der Waals surface area contributed by atoms with E-state index in [2.05, 4.69) is 20.3 Å². The van der Waals surface area contributed by atoms with Crippen LogP contribution in [0.5, 0.6) is 0 Å². The van der Waals surface area contributed by atoms with Gasteiger partial charge in [0.25, 0.3) is 5.91 Å². The molecule has 1 aliphatic heterocycles. The van der Waals surface area contributed by atoms with Crippen molar-refractivity contribution >= 4 is 22.8 Å². The predicted molar refractivity (Wildman–Crippen MR) is 110 cm³/mol. The molecule has 154 valence electrons. The standard InChI is InChI=1S/C22H29N5O2/c28-21(27-4-2-1-3-5-27)16-11-23-20-19(24-12-25-20)18(16)26-17-14-6-13-7-15(17)10-22(29,8-13)9-14/h11-15,17,29H,1-10H2,(H2,23,24,25,26)/t13?,14-,15+,17+,22-. The molecule has 2 aromatic rings. The maximum absolute atomic E-state index is 13.4. The number of aromatic amines is 1. The van der Waals surface area contributed by atoms with E-state index >= 15 is 0 Å². The Morgan fingerprint density at radius 3 is 2.62 bits per heavy atom. The van der Waals surface area contributed by atoms with Crippen LogP contribution >= 0.6 is 0 Å². The van der Waals surface area contributed by atoms with Crippen LogP contribution in [-0.2, 0) is 0 Å². The summed E-state index contributed by atoms with van der Waals surface area (Å²) in [4.78, 5) is 27.4. The summed E-state index contributed by atoms with van der Waals surface area (Å²) in [6.45, 7) is 1.64. The molecule has 2 aromatic heterocycles. The zero-order valence-electron chi connectivity index (χ0n) is 16.7. The monoisotopic (exact) mass is 395 g/mol. The van der Waals surface area contributed by atoms with Crippen LogP contribution in [0.4, 0.5) is 5.69 Å². The van der Waals surface area contributed by atoms with Crippen LogP contribution in [0.25, 0.3) is 11.2 Å². The van der Waals surface area contributed by atoms with Gasteiger partial charge < -0.3 is 20.3 Å². The molecular formula is C22H29N5O2. The van der Waals surface area contributed by atoms with E-state index in [9.17, 15) is 9.90 Å². The molecule has 0 aromatic carbocycles. The number of amides is 1. The van der Waals surface area contributed by atoms with Crippen molar-refractivity contribution < 1.29 is 9.90 Å². The highest BCUT2D eigenvalue weighted by atomic mass is 16.3. The highest BCUT2D eigenvalue weighted by Gasteiger charge is 2.54. The van der Waals surface area contributed by atoms with Crippen LogP contribution < -0.4 is 5.32 Å². The largest absolute Gasteiger partial charge is 0.390 e. The molecule has 4 saturated carbocycles. The van der Waals surface area contributed by atoms with Gasteiger partial charge in [-0.05, 0) is 69.1 Å². The summed E-state index contributed by atoms with van der Waals surface area (Å²) in [7, 11) is 0. The van der Waals surface area contributed by atoms with Gasteiger partial charge in [0.05, 0.1) is 23.2 Å². The number of pyridine rings is 1. The number of rotatable bonds is 3. The van der Waals surface area contributed by atoms with Crippen LogP contribution in [0.3, 0.4) is 0 Å². The Balaban J connectivity index is 1.36. The number of carbonyl (C=O) groups is 1. The lowest BCUT2D eigenvalue weighted by molar-refractivity contribution is -0.129. The Kier molecular flexibility index (Phi) is 3.92. The maximum atomic E-state index is 13.4. The smallest absolute Gasteiger partial charge is 0.257 e. The first-order valence-electron chi connectivity index (χ1n) is 11.2. The van der Waals surface area contributed by atoms with Gasteiger partial charge in [-0.1, -0.05) is 0 Å². The van der Waals surface area contributed by atoms with Crippen LogP contribution in [0.2, 0.25) is 0 Å². The number of hydrogen-bond acceptors (Lipinski definition) is 5. The molecule has 0 spiro atoms. The van der Waals surface area contributed by atoms with Crippen LogP contribution in [0.1, 0.15) is 61.7 Å². The molecule has 1 amide bonds. The SMILES string of the molecule is O=C(c1cnc2[nH]cnc2c1N[C@H]1[C@@H]2CC3C[C@H]1C[C@@](O)(C3)C2)N1CCCCC1. The summed E-state index contributed by atoms with van der Waals surface area (Å²) in [5.41, 5.74) is 2.47. The number of nitrogens with one attached hydrogen (secondary N) is 2. The fourth-order valence-corrected chi connectivity index (χ4v) is 6.85. The number of aliphatic hydroxyl groups is 1. The number of hydrogen-bond donors (Lipinski definition) is 3. The number of anilines is 1. The second-order valence-electron chi connectivity index (χ2n) is 9.86. The van der Waals surface area contributed by atoms with Crippen molar-refractivity contribution in [3.05, 3.63) is 18.1 Å². The van der Waals surface area contributed by atoms with Gasteiger partial charge >= 0.3 is 0 Å². The molecule has 29 heavy (non-hydrogen) atoms. The summed E-state index contributed by atoms with van der Waals surface area (Å²) in [5.74, 6) is 1.65. The summed E-state index contributed by atoms with van der Waals surface area (Å²) in [6.07, 6.45) is 11.8. The fourth-order valence-electron chi connectivity index (χ4n) is 6.85. The van der Waals surface area contributed by atoms with Gasteiger partial charge in [0.15, 0.2) is 5.65 Å². The molecule has 7 nitrogen and oxygen atoms in total. The molecule has 5 aliphatic rings. The van der Waals surface area contributed by atoms with Crippen molar-refractivity contribution in [3.63, 3.8) is 0 Å². The number of nitrogens with zero attached hydrogens (tertiary/aromatic N) is 3. The Labute approximate surface area is 170 Å². The number of H-pyrrole nitrogens is 1. The number of fused-ring (bicyclic) bond motifs is 1. The van der Waals surface area contributed by atoms with E-state index in [4.69, 9.17) is 0 Å². The topological polar surface area (TPSA) is 94.1 Å². The fraction of sp³-hybridized carbons (Fsp3) is 0.682. The van der Waals surface area contributed by atoms with Crippen molar-refractivity contribution in [2.45, 2.75) is 63.0 Å². The number of likely N-dealkylation sites (tertiary alicyclic amines) is 1. The van der Waals surface area contributed by atoms with Crippen molar-refractivity contribution in [3.8, 4) is 0 Å². The Morgan fingerprint density at radius 2 is 1.90 bits per heavy atom. The van der Waals surface area contributed by atoms with Gasteiger partial charge in [0.1, 0.15) is 5.52 Å². The van der Waals surface area contributed by atoms with E-state index in [1.807, 2.05) is 4.90 Å². The first-order valence-corrected chi connectivity index (χ1v) is 11.2. The molecule has 1 saturated heterocycles. The van der Waals surface area contributed by atoms with E-state index < -0.39 is 5.60 Å². The average Bonchev–Trinajstić information content (AvgIpc) is 3.19. The van der Waals surface area contributed by atoms with Crippen LogP contribution in [-0.4, -0.2) is 55.6 Å². The van der Waals surface area contributed by atoms with E-state index in [0.717, 1.165) is 56.4 Å². The predicted octanol–water partition coefficient (Wildman–Crippen LogP) is 2.94. The second-order valence-corrected chi connectivity index (χ2v) is 9.86. The molecule has 5 atom stereocenters. The second kappa shape index (κ2) is 6.42. The summed E-state index contributed by atoms with van der Waals surface area (Å²) >= 11 is 0. The van der Waals surface area contributed by atoms with E-state index in [1.54, 1.807) is 12.5 Å². The third-order valence-corrected chi connectivity index (χ3v) is 7.87.